The van der Waals surface area contributed by atoms with Crippen molar-refractivity contribution in [2.75, 3.05) is 12.0 Å². The molecular formula is C13H13Cl3FN3OS. The molecule has 22 heavy (non-hydrogen) atoms. The van der Waals surface area contributed by atoms with Crippen LogP contribution in [-0.2, 0) is 17.6 Å². The average Bonchev–Trinajstić information content (AvgIpc) is 2.82. The standard InChI is InChI=1S/C13H13Cl3FN3OS/c14-13(15,16)12(19-10(21)5-17)20-11-8(6-18)7-3-1-2-4-9(7)22-11/h12,20H,1-5H2,(H,19,21)/t12-/m0/s1. The van der Waals surface area contributed by atoms with E-state index in [9.17, 15) is 14.4 Å². The summed E-state index contributed by atoms with van der Waals surface area (Å²) in [4.78, 5) is 12.4. The number of carbonyl (C=O) groups excluding carboxylic acids is 1. The Hall–Kier alpha value is -0.740. The van der Waals surface area contributed by atoms with Crippen molar-refractivity contribution in [3.05, 3.63) is 16.0 Å². The normalized spacial score (nSPS) is 15.6. The Labute approximate surface area is 146 Å². The van der Waals surface area contributed by atoms with E-state index in [1.54, 1.807) is 0 Å². The highest BCUT2D eigenvalue weighted by atomic mass is 35.6. The third-order valence-corrected chi connectivity index (χ3v) is 5.19. The molecule has 1 aliphatic carbocycles. The number of nitrogens with one attached hydrogen (secondary N) is 2. The molecule has 0 bridgehead atoms. The summed E-state index contributed by atoms with van der Waals surface area (Å²) in [6, 6.07) is 2.16. The smallest absolute Gasteiger partial charge is 0.253 e. The van der Waals surface area contributed by atoms with Crippen LogP contribution in [0.5, 0.6) is 0 Å². The molecule has 0 radical (unpaired) electrons. The van der Waals surface area contributed by atoms with E-state index in [0.29, 0.717) is 10.6 Å². The van der Waals surface area contributed by atoms with Crippen molar-refractivity contribution in [2.45, 2.75) is 35.6 Å². The number of rotatable bonds is 4. The summed E-state index contributed by atoms with van der Waals surface area (Å²) in [5.74, 6) is -0.899. The Morgan fingerprint density at radius 2 is 2.09 bits per heavy atom. The number of nitriles is 1. The van der Waals surface area contributed by atoms with Gasteiger partial charge in [-0.1, -0.05) is 34.8 Å². The van der Waals surface area contributed by atoms with Gasteiger partial charge in [0.05, 0.1) is 5.56 Å². The molecule has 1 aromatic heterocycles. The molecule has 0 spiro atoms. The Balaban J connectivity index is 2.28. The van der Waals surface area contributed by atoms with Gasteiger partial charge in [0, 0.05) is 4.88 Å². The van der Waals surface area contributed by atoms with Crippen molar-refractivity contribution < 1.29 is 9.18 Å². The van der Waals surface area contributed by atoms with Gasteiger partial charge < -0.3 is 10.6 Å². The maximum atomic E-state index is 12.4. The highest BCUT2D eigenvalue weighted by Crippen LogP contribution is 2.39. The first-order valence-electron chi connectivity index (χ1n) is 6.60. The topological polar surface area (TPSA) is 64.9 Å². The lowest BCUT2D eigenvalue weighted by atomic mass is 9.96. The number of fused-ring (bicyclic) bond motifs is 1. The maximum Gasteiger partial charge on any atom is 0.253 e. The number of aryl methyl sites for hydroxylation is 1. The fraction of sp³-hybridized carbons (Fsp3) is 0.538. The van der Waals surface area contributed by atoms with Crippen LogP contribution in [0.4, 0.5) is 9.39 Å². The highest BCUT2D eigenvalue weighted by molar-refractivity contribution is 7.16. The second kappa shape index (κ2) is 7.22. The molecule has 1 amide bonds. The summed E-state index contributed by atoms with van der Waals surface area (Å²) < 4.78 is 10.5. The molecule has 0 saturated heterocycles. The number of hydrogen-bond donors (Lipinski definition) is 2. The van der Waals surface area contributed by atoms with Gasteiger partial charge in [-0.05, 0) is 31.2 Å². The average molecular weight is 385 g/mol. The number of anilines is 1. The van der Waals surface area contributed by atoms with E-state index in [-0.39, 0.29) is 0 Å². The molecule has 0 aromatic carbocycles. The molecule has 9 heteroatoms. The molecule has 0 fully saturated rings. The Morgan fingerprint density at radius 3 is 2.68 bits per heavy atom. The molecule has 0 saturated carbocycles. The van der Waals surface area contributed by atoms with Crippen molar-refractivity contribution in [1.82, 2.24) is 5.32 Å². The third-order valence-electron chi connectivity index (χ3n) is 3.31. The van der Waals surface area contributed by atoms with Crippen molar-refractivity contribution in [3.8, 4) is 6.07 Å². The van der Waals surface area contributed by atoms with Gasteiger partial charge in [0.2, 0.25) is 3.79 Å². The van der Waals surface area contributed by atoms with Gasteiger partial charge in [0.25, 0.3) is 5.91 Å². The molecular weight excluding hydrogens is 372 g/mol. The van der Waals surface area contributed by atoms with E-state index >= 15 is 0 Å². The van der Waals surface area contributed by atoms with Crippen LogP contribution in [0, 0.1) is 11.3 Å². The van der Waals surface area contributed by atoms with Gasteiger partial charge in [-0.2, -0.15) is 5.26 Å². The number of thiophene rings is 1. The number of alkyl halides is 4. The van der Waals surface area contributed by atoms with Crippen LogP contribution in [-0.4, -0.2) is 22.5 Å². The predicted octanol–water partition coefficient (Wildman–Crippen LogP) is 3.69. The second-order valence-electron chi connectivity index (χ2n) is 4.85. The van der Waals surface area contributed by atoms with E-state index in [0.717, 1.165) is 36.1 Å². The lowest BCUT2D eigenvalue weighted by Crippen LogP contribution is -2.49. The third kappa shape index (κ3) is 3.96. The van der Waals surface area contributed by atoms with Crippen LogP contribution in [0.1, 0.15) is 28.8 Å². The molecule has 4 nitrogen and oxygen atoms in total. The Kier molecular flexibility index (Phi) is 5.78. The first-order valence-corrected chi connectivity index (χ1v) is 8.55. The van der Waals surface area contributed by atoms with E-state index in [2.05, 4.69) is 16.7 Å². The minimum Gasteiger partial charge on any atom is -0.352 e. The monoisotopic (exact) mass is 383 g/mol. The van der Waals surface area contributed by atoms with Crippen LogP contribution in [0.25, 0.3) is 0 Å². The summed E-state index contributed by atoms with van der Waals surface area (Å²) in [5.41, 5.74) is 1.52. The summed E-state index contributed by atoms with van der Waals surface area (Å²) in [5, 5.41) is 15.0. The van der Waals surface area contributed by atoms with Crippen LogP contribution >= 0.6 is 46.1 Å². The fourth-order valence-corrected chi connectivity index (χ4v) is 3.91. The van der Waals surface area contributed by atoms with Gasteiger partial charge in [0.15, 0.2) is 6.67 Å². The summed E-state index contributed by atoms with van der Waals surface area (Å²) >= 11 is 18.9. The zero-order valence-corrected chi connectivity index (χ0v) is 14.5. The zero-order chi connectivity index (χ0) is 16.3. The number of hydrogen-bond acceptors (Lipinski definition) is 4. The van der Waals surface area contributed by atoms with Gasteiger partial charge in [-0.3, -0.25) is 4.79 Å². The van der Waals surface area contributed by atoms with Crippen molar-refractivity contribution >= 4 is 57.0 Å². The second-order valence-corrected chi connectivity index (χ2v) is 8.32. The molecule has 1 heterocycles. The quantitative estimate of drug-likeness (QED) is 0.614. The van der Waals surface area contributed by atoms with Crippen LogP contribution < -0.4 is 10.6 Å². The molecule has 1 aliphatic rings. The van der Waals surface area contributed by atoms with Crippen LogP contribution in [0.3, 0.4) is 0 Å². The summed E-state index contributed by atoms with van der Waals surface area (Å²) in [6.45, 7) is -1.22. The SMILES string of the molecule is N#Cc1c(N[C@H](NC(=O)CF)C(Cl)(Cl)Cl)sc2c1CCCC2. The van der Waals surface area contributed by atoms with E-state index in [1.165, 1.54) is 11.3 Å². The minimum atomic E-state index is -1.89. The molecule has 0 aliphatic heterocycles. The van der Waals surface area contributed by atoms with Crippen LogP contribution in [0.15, 0.2) is 0 Å². The molecule has 2 rings (SSSR count). The number of amides is 1. The molecule has 2 N–H and O–H groups in total. The maximum absolute atomic E-state index is 12.4. The lowest BCUT2D eigenvalue weighted by molar-refractivity contribution is -0.122. The van der Waals surface area contributed by atoms with Gasteiger partial charge in [-0.15, -0.1) is 11.3 Å². The zero-order valence-electron chi connectivity index (χ0n) is 11.4. The van der Waals surface area contributed by atoms with Crippen molar-refractivity contribution in [1.29, 1.82) is 5.26 Å². The van der Waals surface area contributed by atoms with Gasteiger partial charge in [-0.25, -0.2) is 4.39 Å². The van der Waals surface area contributed by atoms with Crippen molar-refractivity contribution in [2.24, 2.45) is 0 Å². The van der Waals surface area contributed by atoms with Gasteiger partial charge in [0.1, 0.15) is 17.2 Å². The van der Waals surface area contributed by atoms with E-state index in [1.807, 2.05) is 0 Å². The lowest BCUT2D eigenvalue weighted by Gasteiger charge is -2.26. The molecule has 1 atom stereocenters. The summed E-state index contributed by atoms with van der Waals surface area (Å²) in [7, 11) is 0. The van der Waals surface area contributed by atoms with E-state index in [4.69, 9.17) is 34.8 Å². The Morgan fingerprint density at radius 1 is 1.41 bits per heavy atom. The predicted molar refractivity (Wildman–Crippen MR) is 87.5 cm³/mol. The van der Waals surface area contributed by atoms with Crippen molar-refractivity contribution in [3.63, 3.8) is 0 Å². The fourth-order valence-electron chi connectivity index (χ4n) is 2.32. The minimum absolute atomic E-state index is 0.508. The number of nitrogens with zero attached hydrogens (tertiary/aromatic N) is 1. The highest BCUT2D eigenvalue weighted by Gasteiger charge is 2.35. The molecule has 0 unspecified atom stereocenters. The van der Waals surface area contributed by atoms with Crippen LogP contribution in [0.2, 0.25) is 0 Å². The van der Waals surface area contributed by atoms with Gasteiger partial charge >= 0.3 is 0 Å². The number of halogens is 4. The number of carbonyl (C=O) groups is 1. The Bertz CT molecular complexity index is 609. The molecule has 120 valence electrons. The summed E-state index contributed by atoms with van der Waals surface area (Å²) in [6.07, 6.45) is 2.72. The first-order chi connectivity index (χ1) is 10.4. The largest absolute Gasteiger partial charge is 0.352 e. The first kappa shape index (κ1) is 17.6. The van der Waals surface area contributed by atoms with E-state index < -0.39 is 22.5 Å². The molecule has 1 aromatic rings.